The van der Waals surface area contributed by atoms with Crippen molar-refractivity contribution in [3.63, 3.8) is 0 Å². The molecule has 0 aliphatic heterocycles. The normalized spacial score (nSPS) is 10.5. The van der Waals surface area contributed by atoms with Gasteiger partial charge in [-0.2, -0.15) is 0 Å². The number of nitrogens with one attached hydrogen (secondary N) is 1. The average Bonchev–Trinajstić information content (AvgIpc) is 2.23. The number of hydrazine groups is 1. The number of aromatic nitrogens is 1. The number of nitrogen functional groups attached to an aromatic ring is 1. The maximum absolute atomic E-state index is 5.31. The van der Waals surface area contributed by atoms with Crippen LogP contribution in [0.4, 0.5) is 5.82 Å². The first kappa shape index (κ1) is 9.67. The molecular formula is C10H10IN3. The molecule has 0 unspecified atom stereocenters. The standard InChI is InChI=1S/C10H10IN3/c1-6-2-4-8(11)7-3-5-9(14-12)13-10(6)7/h2-5H,12H2,1H3,(H,13,14). The van der Waals surface area contributed by atoms with Crippen molar-refractivity contribution >= 4 is 39.3 Å². The quantitative estimate of drug-likeness (QED) is 0.483. The molecule has 0 radical (unpaired) electrons. The molecule has 3 nitrogen and oxygen atoms in total. The van der Waals surface area contributed by atoms with Gasteiger partial charge < -0.3 is 5.43 Å². The summed E-state index contributed by atoms with van der Waals surface area (Å²) in [7, 11) is 0. The molecule has 0 saturated heterocycles. The van der Waals surface area contributed by atoms with Crippen LogP contribution in [0.25, 0.3) is 10.9 Å². The summed E-state index contributed by atoms with van der Waals surface area (Å²) in [6, 6.07) is 8.07. The molecule has 0 fully saturated rings. The number of nitrogens with zero attached hydrogens (tertiary/aromatic N) is 1. The van der Waals surface area contributed by atoms with Crippen LogP contribution in [-0.4, -0.2) is 4.98 Å². The second-order valence-corrected chi connectivity index (χ2v) is 4.26. The van der Waals surface area contributed by atoms with Gasteiger partial charge in [-0.1, -0.05) is 6.07 Å². The highest BCUT2D eigenvalue weighted by Gasteiger charge is 2.03. The van der Waals surface area contributed by atoms with Gasteiger partial charge in [0.25, 0.3) is 0 Å². The van der Waals surface area contributed by atoms with Crippen molar-refractivity contribution in [3.8, 4) is 0 Å². The van der Waals surface area contributed by atoms with E-state index in [-0.39, 0.29) is 0 Å². The minimum atomic E-state index is 0.697. The number of aryl methyl sites for hydroxylation is 1. The lowest BCUT2D eigenvalue weighted by Crippen LogP contribution is -2.08. The monoisotopic (exact) mass is 299 g/mol. The Balaban J connectivity index is 2.80. The predicted octanol–water partition coefficient (Wildman–Crippen LogP) is 2.43. The van der Waals surface area contributed by atoms with E-state index in [0.717, 1.165) is 11.1 Å². The number of benzene rings is 1. The molecule has 14 heavy (non-hydrogen) atoms. The van der Waals surface area contributed by atoms with Gasteiger partial charge in [0.2, 0.25) is 0 Å². The van der Waals surface area contributed by atoms with Gasteiger partial charge in [0.05, 0.1) is 5.52 Å². The molecule has 1 heterocycles. The molecule has 0 saturated carbocycles. The summed E-state index contributed by atoms with van der Waals surface area (Å²) in [4.78, 5) is 4.41. The van der Waals surface area contributed by atoms with E-state index in [4.69, 9.17) is 5.84 Å². The van der Waals surface area contributed by atoms with Gasteiger partial charge in [0, 0.05) is 8.96 Å². The third-order valence-corrected chi connectivity index (χ3v) is 3.09. The van der Waals surface area contributed by atoms with Gasteiger partial charge in [-0.25, -0.2) is 10.8 Å². The van der Waals surface area contributed by atoms with Crippen molar-refractivity contribution in [1.82, 2.24) is 4.98 Å². The summed E-state index contributed by atoms with van der Waals surface area (Å²) in [5, 5.41) is 1.17. The Morgan fingerprint density at radius 2 is 2.07 bits per heavy atom. The van der Waals surface area contributed by atoms with E-state index in [1.807, 2.05) is 19.1 Å². The lowest BCUT2D eigenvalue weighted by atomic mass is 10.1. The number of anilines is 1. The molecule has 0 bridgehead atoms. The van der Waals surface area contributed by atoms with Gasteiger partial charge in [-0.05, 0) is 53.3 Å². The predicted molar refractivity (Wildman–Crippen MR) is 67.0 cm³/mol. The van der Waals surface area contributed by atoms with E-state index in [1.54, 1.807) is 0 Å². The molecule has 0 atom stereocenters. The van der Waals surface area contributed by atoms with Gasteiger partial charge in [-0.3, -0.25) is 0 Å². The van der Waals surface area contributed by atoms with E-state index < -0.39 is 0 Å². The van der Waals surface area contributed by atoms with Crippen molar-refractivity contribution in [3.05, 3.63) is 33.4 Å². The molecule has 0 spiro atoms. The summed E-state index contributed by atoms with van der Waals surface area (Å²) in [5.41, 5.74) is 4.72. The van der Waals surface area contributed by atoms with E-state index in [1.165, 1.54) is 8.96 Å². The molecule has 2 rings (SSSR count). The number of fused-ring (bicyclic) bond motifs is 1. The lowest BCUT2D eigenvalue weighted by Gasteiger charge is -2.05. The molecule has 2 aromatic rings. The van der Waals surface area contributed by atoms with Crippen LogP contribution in [-0.2, 0) is 0 Å². The molecule has 3 N–H and O–H groups in total. The molecule has 72 valence electrons. The minimum Gasteiger partial charge on any atom is -0.308 e. The van der Waals surface area contributed by atoms with Crippen molar-refractivity contribution in [2.75, 3.05) is 5.43 Å². The van der Waals surface area contributed by atoms with Crippen LogP contribution in [0, 0.1) is 10.5 Å². The summed E-state index contributed by atoms with van der Waals surface area (Å²) in [6.07, 6.45) is 0. The van der Waals surface area contributed by atoms with Crippen molar-refractivity contribution in [1.29, 1.82) is 0 Å². The highest BCUT2D eigenvalue weighted by atomic mass is 127. The first-order valence-electron chi connectivity index (χ1n) is 4.25. The third-order valence-electron chi connectivity index (χ3n) is 2.15. The SMILES string of the molecule is Cc1ccc(I)c2ccc(NN)nc12. The van der Waals surface area contributed by atoms with Crippen molar-refractivity contribution in [2.45, 2.75) is 6.92 Å². The Morgan fingerprint density at radius 1 is 1.29 bits per heavy atom. The Hall–Kier alpha value is -0.880. The summed E-state index contributed by atoms with van der Waals surface area (Å²) < 4.78 is 1.21. The van der Waals surface area contributed by atoms with Crippen molar-refractivity contribution in [2.24, 2.45) is 5.84 Å². The minimum absolute atomic E-state index is 0.697. The summed E-state index contributed by atoms with van der Waals surface area (Å²) >= 11 is 2.31. The van der Waals surface area contributed by atoms with Crippen molar-refractivity contribution < 1.29 is 0 Å². The third kappa shape index (κ3) is 1.55. The zero-order valence-corrected chi connectivity index (χ0v) is 9.87. The summed E-state index contributed by atoms with van der Waals surface area (Å²) in [5.74, 6) is 6.01. The smallest absolute Gasteiger partial charge is 0.140 e. The number of nitrogens with two attached hydrogens (primary N) is 1. The van der Waals surface area contributed by atoms with Gasteiger partial charge in [0.1, 0.15) is 5.82 Å². The largest absolute Gasteiger partial charge is 0.308 e. The highest BCUT2D eigenvalue weighted by Crippen LogP contribution is 2.23. The Morgan fingerprint density at radius 3 is 2.79 bits per heavy atom. The van der Waals surface area contributed by atoms with Gasteiger partial charge >= 0.3 is 0 Å². The molecule has 1 aromatic heterocycles. The molecular weight excluding hydrogens is 289 g/mol. The molecule has 0 aliphatic carbocycles. The second kappa shape index (κ2) is 3.70. The maximum Gasteiger partial charge on any atom is 0.140 e. The highest BCUT2D eigenvalue weighted by molar-refractivity contribution is 14.1. The Labute approximate surface area is 95.8 Å². The number of pyridine rings is 1. The average molecular weight is 299 g/mol. The van der Waals surface area contributed by atoms with Crippen LogP contribution in [0.2, 0.25) is 0 Å². The molecule has 0 aliphatic rings. The zero-order valence-electron chi connectivity index (χ0n) is 7.71. The Bertz CT molecular complexity index is 482. The Kier molecular flexibility index (Phi) is 2.56. The topological polar surface area (TPSA) is 50.9 Å². The molecule has 0 amide bonds. The molecule has 4 heteroatoms. The number of halogens is 1. The fourth-order valence-electron chi connectivity index (χ4n) is 1.40. The van der Waals surface area contributed by atoms with E-state index >= 15 is 0 Å². The molecule has 1 aromatic carbocycles. The van der Waals surface area contributed by atoms with Crippen LogP contribution < -0.4 is 11.3 Å². The first-order chi connectivity index (χ1) is 6.72. The lowest BCUT2D eigenvalue weighted by molar-refractivity contribution is 1.25. The fraction of sp³-hybridized carbons (Fsp3) is 0.100. The van der Waals surface area contributed by atoms with E-state index in [0.29, 0.717) is 5.82 Å². The summed E-state index contributed by atoms with van der Waals surface area (Å²) in [6.45, 7) is 2.05. The maximum atomic E-state index is 5.31. The van der Waals surface area contributed by atoms with Gasteiger partial charge in [-0.15, -0.1) is 0 Å². The first-order valence-corrected chi connectivity index (χ1v) is 5.32. The van der Waals surface area contributed by atoms with Crippen LogP contribution >= 0.6 is 22.6 Å². The fourth-order valence-corrected chi connectivity index (χ4v) is 2.01. The van der Waals surface area contributed by atoms with Crippen LogP contribution in [0.15, 0.2) is 24.3 Å². The van der Waals surface area contributed by atoms with E-state index in [2.05, 4.69) is 45.1 Å². The number of hydrogen-bond donors (Lipinski definition) is 2. The second-order valence-electron chi connectivity index (χ2n) is 3.10. The van der Waals surface area contributed by atoms with Crippen LogP contribution in [0.1, 0.15) is 5.56 Å². The number of hydrogen-bond acceptors (Lipinski definition) is 3. The number of rotatable bonds is 1. The van der Waals surface area contributed by atoms with Gasteiger partial charge in [0.15, 0.2) is 0 Å². The van der Waals surface area contributed by atoms with Crippen LogP contribution in [0.5, 0.6) is 0 Å². The van der Waals surface area contributed by atoms with E-state index in [9.17, 15) is 0 Å². The van der Waals surface area contributed by atoms with Crippen LogP contribution in [0.3, 0.4) is 0 Å². The zero-order chi connectivity index (χ0) is 10.1.